The number of thioether (sulfide) groups is 1. The Morgan fingerprint density at radius 3 is 1.84 bits per heavy atom. The van der Waals surface area contributed by atoms with Gasteiger partial charge in [-0.3, -0.25) is 24.0 Å². The molecule has 0 saturated carbocycles. The summed E-state index contributed by atoms with van der Waals surface area (Å²) in [5, 5.41) is 16.4. The molecule has 0 radical (unpaired) electrons. The van der Waals surface area contributed by atoms with E-state index in [0.717, 1.165) is 0 Å². The maximum absolute atomic E-state index is 12.6. The lowest BCUT2D eigenvalue weighted by molar-refractivity contribution is -0.142. The number of aliphatic carboxylic acids is 1. The zero-order chi connectivity index (χ0) is 24.8. The molecule has 0 aliphatic rings. The van der Waals surface area contributed by atoms with Gasteiger partial charge in [0.2, 0.25) is 29.5 Å². The quantitative estimate of drug-likeness (QED) is 0.121. The molecule has 182 valence electrons. The molecular weight excluding hydrogens is 444 g/mol. The summed E-state index contributed by atoms with van der Waals surface area (Å²) in [6.45, 7) is 1.38. The van der Waals surface area contributed by atoms with E-state index in [-0.39, 0.29) is 32.1 Å². The number of hydrogen-bond acceptors (Lipinski definition) is 8. The standard InChI is InChI=1S/C18H32N6O7S/c1-9(22-16(28)10(19)3-5-13(20)25)15(27)23-11(7-8-32-2)17(29)24-12(18(30)31)4-6-14(21)26/h9-12H,3-8,19H2,1-2H3,(H2,20,25)(H2,21,26)(H,22,28)(H,23,27)(H,24,29)(H,30,31). The molecule has 4 unspecified atom stereocenters. The lowest BCUT2D eigenvalue weighted by atomic mass is 10.1. The average Bonchev–Trinajstić information content (AvgIpc) is 2.71. The summed E-state index contributed by atoms with van der Waals surface area (Å²) in [5.74, 6) is -4.30. The number of carbonyl (C=O) groups excluding carboxylic acids is 5. The van der Waals surface area contributed by atoms with Crippen LogP contribution in [0.15, 0.2) is 0 Å². The number of primary amides is 2. The molecule has 4 atom stereocenters. The first-order chi connectivity index (χ1) is 14.9. The molecule has 5 amide bonds. The number of carbonyl (C=O) groups is 6. The van der Waals surface area contributed by atoms with Crippen molar-refractivity contribution in [3.8, 4) is 0 Å². The summed E-state index contributed by atoms with van der Waals surface area (Å²) in [5.41, 5.74) is 15.7. The number of nitrogens with two attached hydrogens (primary N) is 3. The number of amides is 5. The maximum atomic E-state index is 12.6. The van der Waals surface area contributed by atoms with E-state index in [1.165, 1.54) is 18.7 Å². The minimum Gasteiger partial charge on any atom is -0.480 e. The van der Waals surface area contributed by atoms with Gasteiger partial charge in [0.05, 0.1) is 6.04 Å². The third-order valence-corrected chi connectivity index (χ3v) is 4.97. The van der Waals surface area contributed by atoms with Crippen LogP contribution in [-0.2, 0) is 28.8 Å². The van der Waals surface area contributed by atoms with Crippen molar-refractivity contribution >= 4 is 47.3 Å². The van der Waals surface area contributed by atoms with Crippen LogP contribution in [0, 0.1) is 0 Å². The molecule has 13 nitrogen and oxygen atoms in total. The fraction of sp³-hybridized carbons (Fsp3) is 0.667. The van der Waals surface area contributed by atoms with Gasteiger partial charge in [0, 0.05) is 12.8 Å². The van der Waals surface area contributed by atoms with Crippen LogP contribution in [0.5, 0.6) is 0 Å². The number of carboxylic acid groups (broad SMARTS) is 1. The van der Waals surface area contributed by atoms with Gasteiger partial charge in [-0.15, -0.1) is 0 Å². The summed E-state index contributed by atoms with van der Waals surface area (Å²) in [6, 6.07) is -4.54. The van der Waals surface area contributed by atoms with Crippen LogP contribution < -0.4 is 33.2 Å². The molecule has 0 spiro atoms. The van der Waals surface area contributed by atoms with Gasteiger partial charge in [0.15, 0.2) is 0 Å². The van der Waals surface area contributed by atoms with Crippen molar-refractivity contribution in [1.29, 1.82) is 0 Å². The van der Waals surface area contributed by atoms with Crippen LogP contribution in [0.3, 0.4) is 0 Å². The highest BCUT2D eigenvalue weighted by Gasteiger charge is 2.28. The zero-order valence-electron chi connectivity index (χ0n) is 18.1. The van der Waals surface area contributed by atoms with Crippen molar-refractivity contribution in [2.24, 2.45) is 17.2 Å². The van der Waals surface area contributed by atoms with Gasteiger partial charge in [0.1, 0.15) is 18.1 Å². The molecule has 14 heteroatoms. The number of nitrogens with one attached hydrogen (secondary N) is 3. The molecule has 0 aromatic rings. The fourth-order valence-electron chi connectivity index (χ4n) is 2.43. The molecule has 0 bridgehead atoms. The Hall–Kier alpha value is -2.87. The van der Waals surface area contributed by atoms with Crippen LogP contribution in [0.2, 0.25) is 0 Å². The molecule has 0 saturated heterocycles. The van der Waals surface area contributed by atoms with E-state index < -0.39 is 59.7 Å². The summed E-state index contributed by atoms with van der Waals surface area (Å²) < 4.78 is 0. The minimum absolute atomic E-state index is 0.0101. The van der Waals surface area contributed by atoms with Gasteiger partial charge < -0.3 is 38.3 Å². The largest absolute Gasteiger partial charge is 0.480 e. The summed E-state index contributed by atoms with van der Waals surface area (Å²) in [4.78, 5) is 70.2. The summed E-state index contributed by atoms with van der Waals surface area (Å²) >= 11 is 1.41. The first kappa shape index (κ1) is 29.1. The van der Waals surface area contributed by atoms with Crippen LogP contribution in [0.4, 0.5) is 0 Å². The molecule has 0 aromatic heterocycles. The topological polar surface area (TPSA) is 237 Å². The molecule has 0 heterocycles. The molecule has 0 rings (SSSR count). The van der Waals surface area contributed by atoms with E-state index in [1.54, 1.807) is 6.26 Å². The highest BCUT2D eigenvalue weighted by molar-refractivity contribution is 7.98. The van der Waals surface area contributed by atoms with Crippen LogP contribution in [0.25, 0.3) is 0 Å². The number of carboxylic acids is 1. The highest BCUT2D eigenvalue weighted by atomic mass is 32.2. The smallest absolute Gasteiger partial charge is 0.326 e. The Labute approximate surface area is 189 Å². The molecule has 0 aromatic carbocycles. The van der Waals surface area contributed by atoms with Gasteiger partial charge in [-0.25, -0.2) is 4.79 Å². The van der Waals surface area contributed by atoms with Gasteiger partial charge >= 0.3 is 5.97 Å². The number of hydrogen-bond donors (Lipinski definition) is 7. The van der Waals surface area contributed by atoms with E-state index in [9.17, 15) is 33.9 Å². The first-order valence-corrected chi connectivity index (χ1v) is 11.2. The monoisotopic (exact) mass is 476 g/mol. The van der Waals surface area contributed by atoms with E-state index in [0.29, 0.717) is 5.75 Å². The lowest BCUT2D eigenvalue weighted by Gasteiger charge is -2.23. The second-order valence-corrected chi connectivity index (χ2v) is 8.07. The van der Waals surface area contributed by atoms with Crippen molar-refractivity contribution in [1.82, 2.24) is 16.0 Å². The Morgan fingerprint density at radius 2 is 1.34 bits per heavy atom. The Balaban J connectivity index is 5.04. The van der Waals surface area contributed by atoms with E-state index in [2.05, 4.69) is 16.0 Å². The lowest BCUT2D eigenvalue weighted by Crippen LogP contribution is -2.56. The van der Waals surface area contributed by atoms with Gasteiger partial charge in [0.25, 0.3) is 0 Å². The van der Waals surface area contributed by atoms with Crippen molar-refractivity contribution in [2.75, 3.05) is 12.0 Å². The van der Waals surface area contributed by atoms with Crippen molar-refractivity contribution < 1.29 is 33.9 Å². The van der Waals surface area contributed by atoms with Crippen molar-refractivity contribution in [3.05, 3.63) is 0 Å². The number of rotatable bonds is 16. The molecule has 0 aliphatic carbocycles. The molecular formula is C18H32N6O7S. The highest BCUT2D eigenvalue weighted by Crippen LogP contribution is 2.05. The second kappa shape index (κ2) is 15.0. The van der Waals surface area contributed by atoms with Crippen LogP contribution >= 0.6 is 11.8 Å². The van der Waals surface area contributed by atoms with Crippen molar-refractivity contribution in [2.45, 2.75) is 63.2 Å². The zero-order valence-corrected chi connectivity index (χ0v) is 18.9. The Bertz CT molecular complexity index is 705. The van der Waals surface area contributed by atoms with Crippen LogP contribution in [0.1, 0.15) is 39.0 Å². The van der Waals surface area contributed by atoms with Gasteiger partial charge in [-0.2, -0.15) is 11.8 Å². The van der Waals surface area contributed by atoms with Gasteiger partial charge in [-0.1, -0.05) is 0 Å². The SMILES string of the molecule is CSCCC(NC(=O)C(C)NC(=O)C(N)CCC(N)=O)C(=O)NC(CCC(N)=O)C(=O)O. The van der Waals surface area contributed by atoms with E-state index in [1.807, 2.05) is 0 Å². The maximum Gasteiger partial charge on any atom is 0.326 e. The second-order valence-electron chi connectivity index (χ2n) is 7.09. The Morgan fingerprint density at radius 1 is 0.812 bits per heavy atom. The van der Waals surface area contributed by atoms with E-state index in [4.69, 9.17) is 17.2 Å². The molecule has 0 fully saturated rings. The predicted octanol–water partition coefficient (Wildman–Crippen LogP) is -2.84. The molecule has 0 aliphatic heterocycles. The van der Waals surface area contributed by atoms with Gasteiger partial charge in [-0.05, 0) is 38.2 Å². The minimum atomic E-state index is -1.36. The Kier molecular flexibility index (Phi) is 13.7. The first-order valence-electron chi connectivity index (χ1n) is 9.84. The normalized spacial score (nSPS) is 14.3. The molecule has 10 N–H and O–H groups in total. The van der Waals surface area contributed by atoms with Crippen LogP contribution in [-0.4, -0.2) is 76.8 Å². The molecule has 32 heavy (non-hydrogen) atoms. The third kappa shape index (κ3) is 12.1. The summed E-state index contributed by atoms with van der Waals surface area (Å²) in [7, 11) is 0. The fourth-order valence-corrected chi connectivity index (χ4v) is 2.90. The average molecular weight is 477 g/mol. The van der Waals surface area contributed by atoms with E-state index >= 15 is 0 Å². The third-order valence-electron chi connectivity index (χ3n) is 4.33. The van der Waals surface area contributed by atoms with Crippen molar-refractivity contribution in [3.63, 3.8) is 0 Å². The summed E-state index contributed by atoms with van der Waals surface area (Å²) in [6.07, 6.45) is 1.47. The predicted molar refractivity (Wildman–Crippen MR) is 117 cm³/mol.